The van der Waals surface area contributed by atoms with Gasteiger partial charge in [-0.25, -0.2) is 0 Å². The van der Waals surface area contributed by atoms with E-state index in [4.69, 9.17) is 4.74 Å². The van der Waals surface area contributed by atoms with Gasteiger partial charge in [-0.3, -0.25) is 4.79 Å². The Balaban J connectivity index is 2.48. The van der Waals surface area contributed by atoms with Gasteiger partial charge in [0.05, 0.1) is 18.7 Å². The van der Waals surface area contributed by atoms with Crippen LogP contribution in [-0.2, 0) is 11.0 Å². The van der Waals surface area contributed by atoms with E-state index in [0.29, 0.717) is 0 Å². The quantitative estimate of drug-likeness (QED) is 0.773. The van der Waals surface area contributed by atoms with E-state index in [1.807, 2.05) is 0 Å². The van der Waals surface area contributed by atoms with Crippen LogP contribution in [0.5, 0.6) is 5.75 Å². The number of para-hydroxylation sites is 1. The Bertz CT molecular complexity index is 422. The first-order valence-electron chi connectivity index (χ1n) is 5.65. The lowest BCUT2D eigenvalue weighted by atomic mass is 10.2. The van der Waals surface area contributed by atoms with Crippen LogP contribution < -0.4 is 15.4 Å². The SMILES string of the molecule is CNCC(=O)NCCOc1ccccc1C(F)(F)F. The molecule has 7 heteroatoms. The second kappa shape index (κ2) is 6.98. The van der Waals surface area contributed by atoms with Crippen LogP contribution in [-0.4, -0.2) is 32.7 Å². The van der Waals surface area contributed by atoms with E-state index in [1.54, 1.807) is 7.05 Å². The van der Waals surface area contributed by atoms with E-state index in [-0.39, 0.29) is 31.4 Å². The molecule has 0 heterocycles. The number of carbonyl (C=O) groups is 1. The van der Waals surface area contributed by atoms with E-state index < -0.39 is 11.7 Å². The van der Waals surface area contributed by atoms with E-state index in [1.165, 1.54) is 18.2 Å². The summed E-state index contributed by atoms with van der Waals surface area (Å²) < 4.78 is 42.9. The van der Waals surface area contributed by atoms with Crippen LogP contribution in [0.25, 0.3) is 0 Å². The summed E-state index contributed by atoms with van der Waals surface area (Å²) in [5.74, 6) is -0.479. The van der Waals surface area contributed by atoms with Gasteiger partial charge in [-0.1, -0.05) is 12.1 Å². The monoisotopic (exact) mass is 276 g/mol. The molecule has 0 aliphatic carbocycles. The van der Waals surface area contributed by atoms with Crippen molar-refractivity contribution in [3.8, 4) is 5.75 Å². The zero-order valence-electron chi connectivity index (χ0n) is 10.4. The Kier molecular flexibility index (Phi) is 5.62. The van der Waals surface area contributed by atoms with Crippen molar-refractivity contribution in [2.45, 2.75) is 6.18 Å². The summed E-state index contributed by atoms with van der Waals surface area (Å²) in [6.07, 6.45) is -4.45. The van der Waals surface area contributed by atoms with Crippen LogP contribution in [0.3, 0.4) is 0 Å². The molecule has 2 N–H and O–H groups in total. The zero-order chi connectivity index (χ0) is 14.3. The Morgan fingerprint density at radius 1 is 1.32 bits per heavy atom. The van der Waals surface area contributed by atoms with Gasteiger partial charge in [0.1, 0.15) is 12.4 Å². The van der Waals surface area contributed by atoms with Gasteiger partial charge in [0.25, 0.3) is 0 Å². The molecule has 1 aromatic carbocycles. The minimum Gasteiger partial charge on any atom is -0.491 e. The molecule has 0 atom stereocenters. The summed E-state index contributed by atoms with van der Waals surface area (Å²) in [7, 11) is 1.62. The number of likely N-dealkylation sites (N-methyl/N-ethyl adjacent to an activating group) is 1. The Morgan fingerprint density at radius 2 is 2.00 bits per heavy atom. The first-order valence-corrected chi connectivity index (χ1v) is 5.65. The average Bonchev–Trinajstić information content (AvgIpc) is 2.34. The molecule has 1 amide bonds. The van der Waals surface area contributed by atoms with Crippen molar-refractivity contribution in [2.75, 3.05) is 26.7 Å². The predicted molar refractivity (Wildman–Crippen MR) is 63.9 cm³/mol. The molecule has 0 aliphatic heterocycles. The smallest absolute Gasteiger partial charge is 0.419 e. The summed E-state index contributed by atoms with van der Waals surface area (Å²) >= 11 is 0. The molecule has 0 aromatic heterocycles. The number of benzene rings is 1. The van der Waals surface area contributed by atoms with Crippen LogP contribution in [0, 0.1) is 0 Å². The third kappa shape index (κ3) is 5.17. The number of hydrogen-bond donors (Lipinski definition) is 2. The maximum atomic E-state index is 12.6. The maximum Gasteiger partial charge on any atom is 0.419 e. The number of ether oxygens (including phenoxy) is 1. The molecule has 0 fully saturated rings. The lowest BCUT2D eigenvalue weighted by molar-refractivity contribution is -0.139. The fourth-order valence-electron chi connectivity index (χ4n) is 1.40. The van der Waals surface area contributed by atoms with E-state index in [2.05, 4.69) is 10.6 Å². The van der Waals surface area contributed by atoms with Gasteiger partial charge in [0, 0.05) is 0 Å². The molecule has 1 rings (SSSR count). The summed E-state index contributed by atoms with van der Waals surface area (Å²) in [6, 6.07) is 4.96. The zero-order valence-corrected chi connectivity index (χ0v) is 10.4. The van der Waals surface area contributed by atoms with Crippen molar-refractivity contribution in [3.05, 3.63) is 29.8 Å². The highest BCUT2D eigenvalue weighted by atomic mass is 19.4. The first-order chi connectivity index (χ1) is 8.95. The number of alkyl halides is 3. The van der Waals surface area contributed by atoms with Gasteiger partial charge in [0.15, 0.2) is 0 Å². The third-order valence-electron chi connectivity index (χ3n) is 2.21. The van der Waals surface area contributed by atoms with Gasteiger partial charge < -0.3 is 15.4 Å². The van der Waals surface area contributed by atoms with E-state index in [0.717, 1.165) is 6.07 Å². The normalized spacial score (nSPS) is 11.2. The van der Waals surface area contributed by atoms with Crippen molar-refractivity contribution in [2.24, 2.45) is 0 Å². The van der Waals surface area contributed by atoms with Gasteiger partial charge in [-0.2, -0.15) is 13.2 Å². The summed E-state index contributed by atoms with van der Waals surface area (Å²) in [5.41, 5.74) is -0.823. The molecule has 0 saturated heterocycles. The molecule has 0 bridgehead atoms. The van der Waals surface area contributed by atoms with Crippen molar-refractivity contribution in [1.29, 1.82) is 0 Å². The highest BCUT2D eigenvalue weighted by Gasteiger charge is 2.33. The van der Waals surface area contributed by atoms with E-state index in [9.17, 15) is 18.0 Å². The molecule has 0 aliphatic rings. The molecule has 4 nitrogen and oxygen atoms in total. The molecule has 0 radical (unpaired) electrons. The predicted octanol–water partition coefficient (Wildman–Crippen LogP) is 1.42. The summed E-state index contributed by atoms with van der Waals surface area (Å²) in [4.78, 5) is 11.1. The standard InChI is InChI=1S/C12H15F3N2O2/c1-16-8-11(18)17-6-7-19-10-5-3-2-4-9(10)12(13,14)15/h2-5,16H,6-8H2,1H3,(H,17,18). The number of rotatable bonds is 6. The van der Waals surface area contributed by atoms with Crippen molar-refractivity contribution in [3.63, 3.8) is 0 Å². The molecular weight excluding hydrogens is 261 g/mol. The molecule has 1 aromatic rings. The molecular formula is C12H15F3N2O2. The fourth-order valence-corrected chi connectivity index (χ4v) is 1.40. The number of carbonyl (C=O) groups excluding carboxylic acids is 1. The van der Waals surface area contributed by atoms with Gasteiger partial charge in [0.2, 0.25) is 5.91 Å². The second-order valence-corrected chi connectivity index (χ2v) is 3.72. The average molecular weight is 276 g/mol. The summed E-state index contributed by atoms with van der Waals surface area (Å²) in [5, 5.41) is 5.16. The minimum atomic E-state index is -4.45. The lowest BCUT2D eigenvalue weighted by Gasteiger charge is -2.13. The number of hydrogen-bond acceptors (Lipinski definition) is 3. The highest BCUT2D eigenvalue weighted by Crippen LogP contribution is 2.35. The fraction of sp³-hybridized carbons (Fsp3) is 0.417. The second-order valence-electron chi connectivity index (χ2n) is 3.72. The van der Waals surface area contributed by atoms with Crippen molar-refractivity contribution < 1.29 is 22.7 Å². The minimum absolute atomic E-state index is 0.0253. The summed E-state index contributed by atoms with van der Waals surface area (Å²) in [6.45, 7) is 0.272. The number of amides is 1. The largest absolute Gasteiger partial charge is 0.491 e. The Labute approximate surface area is 108 Å². The molecule has 0 saturated carbocycles. The van der Waals surface area contributed by atoms with Crippen molar-refractivity contribution >= 4 is 5.91 Å². The Morgan fingerprint density at radius 3 is 2.63 bits per heavy atom. The van der Waals surface area contributed by atoms with Crippen LogP contribution in [0.1, 0.15) is 5.56 Å². The first kappa shape index (κ1) is 15.3. The van der Waals surface area contributed by atoms with Gasteiger partial charge >= 0.3 is 6.18 Å². The van der Waals surface area contributed by atoms with Crippen LogP contribution >= 0.6 is 0 Å². The van der Waals surface area contributed by atoms with E-state index >= 15 is 0 Å². The topological polar surface area (TPSA) is 50.4 Å². The molecule has 106 valence electrons. The van der Waals surface area contributed by atoms with Crippen LogP contribution in [0.4, 0.5) is 13.2 Å². The maximum absolute atomic E-state index is 12.6. The third-order valence-corrected chi connectivity index (χ3v) is 2.21. The van der Waals surface area contributed by atoms with Gasteiger partial charge in [-0.05, 0) is 19.2 Å². The highest BCUT2D eigenvalue weighted by molar-refractivity contribution is 5.77. The number of nitrogens with one attached hydrogen (secondary N) is 2. The molecule has 0 unspecified atom stereocenters. The van der Waals surface area contributed by atoms with Crippen LogP contribution in [0.15, 0.2) is 24.3 Å². The lowest BCUT2D eigenvalue weighted by Crippen LogP contribution is -2.34. The van der Waals surface area contributed by atoms with Crippen molar-refractivity contribution in [1.82, 2.24) is 10.6 Å². The van der Waals surface area contributed by atoms with Gasteiger partial charge in [-0.15, -0.1) is 0 Å². The molecule has 0 spiro atoms. The van der Waals surface area contributed by atoms with Crippen LogP contribution in [0.2, 0.25) is 0 Å². The Hall–Kier alpha value is -1.76. The molecule has 19 heavy (non-hydrogen) atoms. The number of halogens is 3.